The van der Waals surface area contributed by atoms with Gasteiger partial charge in [-0.25, -0.2) is 0 Å². The summed E-state index contributed by atoms with van der Waals surface area (Å²) < 4.78 is 4.10. The first-order chi connectivity index (χ1) is 24.0. The van der Waals surface area contributed by atoms with Gasteiger partial charge in [0.2, 0.25) is 0 Å². The lowest BCUT2D eigenvalue weighted by molar-refractivity contribution is 1.44. The fraction of sp³-hybridized carbons (Fsp3) is 0.0870. The normalized spacial score (nSPS) is 11.2. The van der Waals surface area contributed by atoms with Gasteiger partial charge in [0.25, 0.3) is 0 Å². The minimum Gasteiger partial charge on any atom is -0.0587 e. The lowest BCUT2D eigenvalue weighted by Crippen LogP contribution is -1.93. The van der Waals surface area contributed by atoms with Gasteiger partial charge in [0, 0.05) is 17.9 Å². The molecule has 0 amide bonds. The SMILES string of the molecule is Cc1ccc(-c2cc(Br)c(-c3cc(Br)c(-c4cc(-c5ccc(C)cc5)c(-c5ccc(C)cc5)cc4Br)cc3Br)cc2-c2ccc(C)cc2)cc1. The van der Waals surface area contributed by atoms with Crippen molar-refractivity contribution in [2.75, 3.05) is 0 Å². The molecule has 0 bridgehead atoms. The molecule has 0 N–H and O–H groups in total. The lowest BCUT2D eigenvalue weighted by atomic mass is 9.89. The molecule has 7 aromatic carbocycles. The topological polar surface area (TPSA) is 0 Å². The molecule has 7 rings (SSSR count). The Hall–Kier alpha value is -3.54. The van der Waals surface area contributed by atoms with Gasteiger partial charge in [-0.05, 0) is 131 Å². The Morgan fingerprint density at radius 2 is 0.420 bits per heavy atom. The van der Waals surface area contributed by atoms with Crippen LogP contribution in [-0.4, -0.2) is 0 Å². The predicted molar refractivity (Wildman–Crippen MR) is 229 cm³/mol. The van der Waals surface area contributed by atoms with Crippen molar-refractivity contribution in [1.29, 1.82) is 0 Å². The minimum absolute atomic E-state index is 1.01. The van der Waals surface area contributed by atoms with Crippen molar-refractivity contribution >= 4 is 63.7 Å². The summed E-state index contributed by atoms with van der Waals surface area (Å²) in [5, 5.41) is 0. The Bertz CT molecular complexity index is 2180. The van der Waals surface area contributed by atoms with Crippen LogP contribution in [0.1, 0.15) is 22.3 Å². The molecule has 0 spiro atoms. The highest BCUT2D eigenvalue weighted by molar-refractivity contribution is 9.11. The molecule has 0 radical (unpaired) electrons. The standard InChI is InChI=1S/C46H34Br4/c1-27-5-13-31(14-6-27)35-21-39(43(47)23-37(35)33-17-9-29(3)10-18-33)41-25-46(50)42(26-45(41)49)40-22-36(32-15-7-28(2)8-16-32)38(24-44(40)48)34-19-11-30(4)12-20-34/h5-26H,1-4H3. The molecule has 0 heterocycles. The molecule has 0 saturated carbocycles. The molecule has 0 atom stereocenters. The molecule has 0 unspecified atom stereocenters. The quantitative estimate of drug-likeness (QED) is 0.156. The third kappa shape index (κ3) is 7.14. The van der Waals surface area contributed by atoms with Gasteiger partial charge in [-0.2, -0.15) is 0 Å². The van der Waals surface area contributed by atoms with Crippen LogP contribution in [0.4, 0.5) is 0 Å². The van der Waals surface area contributed by atoms with Crippen LogP contribution in [0.3, 0.4) is 0 Å². The summed E-state index contributed by atoms with van der Waals surface area (Å²) in [7, 11) is 0. The van der Waals surface area contributed by atoms with Gasteiger partial charge < -0.3 is 0 Å². The Balaban J connectivity index is 1.38. The molecule has 0 aliphatic rings. The van der Waals surface area contributed by atoms with Crippen LogP contribution in [0.5, 0.6) is 0 Å². The highest BCUT2D eigenvalue weighted by Gasteiger charge is 2.20. The van der Waals surface area contributed by atoms with E-state index in [0.717, 1.165) is 40.1 Å². The Labute approximate surface area is 329 Å². The van der Waals surface area contributed by atoms with Crippen molar-refractivity contribution in [2.45, 2.75) is 27.7 Å². The number of benzene rings is 7. The number of hydrogen-bond donors (Lipinski definition) is 0. The highest BCUT2D eigenvalue weighted by Crippen LogP contribution is 2.47. The van der Waals surface area contributed by atoms with Crippen LogP contribution in [0.2, 0.25) is 0 Å². The first-order valence-electron chi connectivity index (χ1n) is 16.5. The second-order valence-electron chi connectivity index (χ2n) is 13.0. The van der Waals surface area contributed by atoms with Gasteiger partial charge in [0.1, 0.15) is 0 Å². The van der Waals surface area contributed by atoms with Crippen LogP contribution in [0.25, 0.3) is 66.8 Å². The van der Waals surface area contributed by atoms with Crippen molar-refractivity contribution in [2.24, 2.45) is 0 Å². The van der Waals surface area contributed by atoms with Gasteiger partial charge in [0.15, 0.2) is 0 Å². The summed E-state index contributed by atoms with van der Waals surface area (Å²) in [5.74, 6) is 0. The van der Waals surface area contributed by atoms with Gasteiger partial charge >= 0.3 is 0 Å². The van der Waals surface area contributed by atoms with E-state index in [1.165, 1.54) is 66.8 Å². The van der Waals surface area contributed by atoms with Gasteiger partial charge in [-0.1, -0.05) is 183 Å². The first kappa shape index (κ1) is 34.9. The predicted octanol–water partition coefficient (Wildman–Crippen LogP) is 16.0. The molecule has 4 heteroatoms. The maximum Gasteiger partial charge on any atom is 0.0261 e. The molecule has 50 heavy (non-hydrogen) atoms. The number of hydrogen-bond acceptors (Lipinski definition) is 0. The number of rotatable bonds is 6. The van der Waals surface area contributed by atoms with Crippen molar-refractivity contribution in [3.63, 3.8) is 0 Å². The summed E-state index contributed by atoms with van der Waals surface area (Å²) >= 11 is 16.0. The van der Waals surface area contributed by atoms with E-state index in [4.69, 9.17) is 0 Å². The first-order valence-corrected chi connectivity index (χ1v) is 19.7. The summed E-state index contributed by atoms with van der Waals surface area (Å²) in [6, 6.07) is 48.8. The second kappa shape index (κ2) is 14.6. The van der Waals surface area contributed by atoms with Gasteiger partial charge in [-0.15, -0.1) is 0 Å². The maximum atomic E-state index is 4.01. The molecule has 0 saturated heterocycles. The molecule has 0 nitrogen and oxygen atoms in total. The second-order valence-corrected chi connectivity index (χ2v) is 16.4. The summed E-state index contributed by atoms with van der Waals surface area (Å²) in [6.45, 7) is 8.52. The van der Waals surface area contributed by atoms with Crippen molar-refractivity contribution < 1.29 is 0 Å². The lowest BCUT2D eigenvalue weighted by Gasteiger charge is -2.19. The van der Waals surface area contributed by atoms with Crippen molar-refractivity contribution in [1.82, 2.24) is 0 Å². The van der Waals surface area contributed by atoms with Crippen molar-refractivity contribution in [3.8, 4) is 66.8 Å². The average molecular weight is 906 g/mol. The smallest absolute Gasteiger partial charge is 0.0261 e. The highest BCUT2D eigenvalue weighted by atomic mass is 79.9. The van der Waals surface area contributed by atoms with Crippen LogP contribution >= 0.6 is 63.7 Å². The van der Waals surface area contributed by atoms with E-state index in [-0.39, 0.29) is 0 Å². The average Bonchev–Trinajstić information content (AvgIpc) is 3.11. The molecular weight excluding hydrogens is 872 g/mol. The summed E-state index contributed by atoms with van der Waals surface area (Å²) in [5.41, 5.74) is 18.9. The fourth-order valence-electron chi connectivity index (χ4n) is 6.41. The van der Waals surface area contributed by atoms with Crippen molar-refractivity contribution in [3.05, 3.63) is 174 Å². The molecular formula is C46H34Br4. The molecule has 0 aromatic heterocycles. The van der Waals surface area contributed by atoms with Crippen LogP contribution in [0, 0.1) is 27.7 Å². The van der Waals surface area contributed by atoms with Crippen LogP contribution in [-0.2, 0) is 0 Å². The Morgan fingerprint density at radius 1 is 0.240 bits per heavy atom. The van der Waals surface area contributed by atoms with Gasteiger partial charge in [0.05, 0.1) is 0 Å². The van der Waals surface area contributed by atoms with E-state index in [1.807, 2.05) is 0 Å². The zero-order chi connectivity index (χ0) is 35.1. The monoisotopic (exact) mass is 902 g/mol. The maximum absolute atomic E-state index is 4.01. The summed E-state index contributed by atoms with van der Waals surface area (Å²) in [4.78, 5) is 0. The Morgan fingerprint density at radius 3 is 0.660 bits per heavy atom. The minimum atomic E-state index is 1.01. The summed E-state index contributed by atoms with van der Waals surface area (Å²) in [6.07, 6.45) is 0. The molecule has 7 aromatic rings. The third-order valence-corrected chi connectivity index (χ3v) is 11.9. The van der Waals surface area contributed by atoms with E-state index in [0.29, 0.717) is 0 Å². The van der Waals surface area contributed by atoms with Crippen LogP contribution in [0.15, 0.2) is 151 Å². The number of aryl methyl sites for hydroxylation is 4. The molecule has 0 aliphatic carbocycles. The van der Waals surface area contributed by atoms with E-state index in [1.54, 1.807) is 0 Å². The number of halogens is 4. The van der Waals surface area contributed by atoms with E-state index < -0.39 is 0 Å². The van der Waals surface area contributed by atoms with E-state index in [2.05, 4.69) is 225 Å². The zero-order valence-electron chi connectivity index (χ0n) is 28.2. The van der Waals surface area contributed by atoms with Gasteiger partial charge in [-0.3, -0.25) is 0 Å². The third-order valence-electron chi connectivity index (χ3n) is 9.30. The van der Waals surface area contributed by atoms with E-state index in [9.17, 15) is 0 Å². The molecule has 246 valence electrons. The Kier molecular flexibility index (Phi) is 10.2. The fourth-order valence-corrected chi connectivity index (χ4v) is 8.63. The molecule has 0 fully saturated rings. The van der Waals surface area contributed by atoms with Crippen LogP contribution < -0.4 is 0 Å². The largest absolute Gasteiger partial charge is 0.0587 e. The zero-order valence-corrected chi connectivity index (χ0v) is 34.6. The molecule has 0 aliphatic heterocycles. The van der Waals surface area contributed by atoms with E-state index >= 15 is 0 Å².